The van der Waals surface area contributed by atoms with E-state index in [4.69, 9.17) is 5.73 Å². The van der Waals surface area contributed by atoms with E-state index in [1.54, 1.807) is 23.9 Å². The number of methoxy groups -OCH3 is 1. The fourth-order valence-electron chi connectivity index (χ4n) is 1.66. The molecule has 1 amide bonds. The number of rotatable bonds is 5. The average molecular weight is 253 g/mol. The number of amides is 1. The molecule has 0 aliphatic carbocycles. The summed E-state index contributed by atoms with van der Waals surface area (Å²) < 4.78 is 6.32. The summed E-state index contributed by atoms with van der Waals surface area (Å²) in [6, 6.07) is 1.62. The Kier molecular flexibility index (Phi) is 4.76. The number of hydrogen-bond acceptors (Lipinski definition) is 4. The van der Waals surface area contributed by atoms with Crippen LogP contribution in [0.25, 0.3) is 0 Å². The number of hydrogen-bond donors (Lipinski definition) is 1. The molecule has 0 aliphatic rings. The minimum atomic E-state index is -0.451. The fourth-order valence-corrected chi connectivity index (χ4v) is 1.66. The number of nitrogens with zero attached hydrogens (tertiary/aromatic N) is 2. The Morgan fingerprint density at radius 2 is 2.17 bits per heavy atom. The number of aryl methyl sites for hydroxylation is 1. The lowest BCUT2D eigenvalue weighted by Gasteiger charge is -2.16. The van der Waals surface area contributed by atoms with Gasteiger partial charge in [-0.2, -0.15) is 0 Å². The van der Waals surface area contributed by atoms with Crippen LogP contribution in [0.4, 0.5) is 5.69 Å². The van der Waals surface area contributed by atoms with E-state index in [0.29, 0.717) is 17.9 Å². The lowest BCUT2D eigenvalue weighted by Crippen LogP contribution is -2.33. The van der Waals surface area contributed by atoms with E-state index >= 15 is 0 Å². The van der Waals surface area contributed by atoms with Crippen LogP contribution >= 0.6 is 0 Å². The van der Waals surface area contributed by atoms with Gasteiger partial charge in [-0.25, -0.2) is 0 Å². The molecule has 6 nitrogen and oxygen atoms in total. The summed E-state index contributed by atoms with van der Waals surface area (Å²) in [5.74, 6) is -0.696. The second-order valence-electron chi connectivity index (χ2n) is 4.09. The molecule has 0 saturated heterocycles. The lowest BCUT2D eigenvalue weighted by molar-refractivity contribution is -0.141. The molecule has 100 valence electrons. The first-order valence-electron chi connectivity index (χ1n) is 5.77. The van der Waals surface area contributed by atoms with Crippen molar-refractivity contribution in [3.05, 3.63) is 18.0 Å². The van der Waals surface area contributed by atoms with Gasteiger partial charge in [-0.3, -0.25) is 9.59 Å². The van der Waals surface area contributed by atoms with Crippen molar-refractivity contribution in [3.8, 4) is 0 Å². The van der Waals surface area contributed by atoms with Crippen LogP contribution in [0, 0.1) is 0 Å². The summed E-state index contributed by atoms with van der Waals surface area (Å²) in [6.45, 7) is 2.65. The van der Waals surface area contributed by atoms with Gasteiger partial charge in [0.15, 0.2) is 0 Å². The molecule has 0 spiro atoms. The van der Waals surface area contributed by atoms with Crippen molar-refractivity contribution in [2.45, 2.75) is 19.9 Å². The third-order valence-corrected chi connectivity index (χ3v) is 2.54. The van der Waals surface area contributed by atoms with E-state index in [1.807, 2.05) is 6.92 Å². The minimum Gasteiger partial charge on any atom is -0.468 e. The van der Waals surface area contributed by atoms with Crippen molar-refractivity contribution in [1.82, 2.24) is 9.47 Å². The van der Waals surface area contributed by atoms with E-state index in [9.17, 15) is 9.59 Å². The first-order valence-corrected chi connectivity index (χ1v) is 5.77. The number of nitrogens with two attached hydrogens (primary N) is 1. The number of esters is 1. The van der Waals surface area contributed by atoms with Crippen LogP contribution < -0.4 is 5.73 Å². The summed E-state index contributed by atoms with van der Waals surface area (Å²) >= 11 is 0. The Morgan fingerprint density at radius 1 is 1.50 bits per heavy atom. The molecule has 0 fully saturated rings. The van der Waals surface area contributed by atoms with Crippen molar-refractivity contribution in [2.24, 2.45) is 0 Å². The molecule has 6 heteroatoms. The number of nitrogen functional groups attached to an aromatic ring is 1. The van der Waals surface area contributed by atoms with Gasteiger partial charge in [-0.05, 0) is 12.5 Å². The molecule has 1 heterocycles. The second-order valence-corrected chi connectivity index (χ2v) is 4.09. The number of likely N-dealkylation sites (N-methyl/N-ethyl adjacent to an activating group) is 1. The molecular weight excluding hydrogens is 234 g/mol. The van der Waals surface area contributed by atoms with E-state index in [0.717, 1.165) is 6.42 Å². The van der Waals surface area contributed by atoms with E-state index < -0.39 is 5.97 Å². The predicted molar refractivity (Wildman–Crippen MR) is 68.1 cm³/mol. The second kappa shape index (κ2) is 6.09. The Hall–Kier alpha value is -1.98. The normalized spacial score (nSPS) is 10.2. The summed E-state index contributed by atoms with van der Waals surface area (Å²) in [4.78, 5) is 24.6. The molecule has 0 aromatic carbocycles. The Labute approximate surface area is 106 Å². The fraction of sp³-hybridized carbons (Fsp3) is 0.500. The molecule has 1 rings (SSSR count). The third-order valence-electron chi connectivity index (χ3n) is 2.54. The molecule has 0 bridgehead atoms. The summed E-state index contributed by atoms with van der Waals surface area (Å²) in [6.07, 6.45) is 2.62. The SMILES string of the molecule is CCCn1cc(N)cc1C(=O)N(C)CC(=O)OC. The Morgan fingerprint density at radius 3 is 2.72 bits per heavy atom. The van der Waals surface area contributed by atoms with Gasteiger partial charge >= 0.3 is 5.97 Å². The molecule has 2 N–H and O–H groups in total. The topological polar surface area (TPSA) is 77.6 Å². The highest BCUT2D eigenvalue weighted by molar-refractivity contribution is 5.95. The van der Waals surface area contributed by atoms with E-state index in [-0.39, 0.29) is 12.5 Å². The monoisotopic (exact) mass is 253 g/mol. The first kappa shape index (κ1) is 14.1. The molecule has 0 radical (unpaired) electrons. The summed E-state index contributed by atoms with van der Waals surface area (Å²) in [5.41, 5.74) is 6.72. The van der Waals surface area contributed by atoms with Gasteiger partial charge in [0.2, 0.25) is 0 Å². The van der Waals surface area contributed by atoms with Crippen molar-refractivity contribution in [1.29, 1.82) is 0 Å². The van der Waals surface area contributed by atoms with Crippen LogP contribution in [0.1, 0.15) is 23.8 Å². The third kappa shape index (κ3) is 3.26. The largest absolute Gasteiger partial charge is 0.468 e. The smallest absolute Gasteiger partial charge is 0.325 e. The predicted octanol–water partition coefficient (Wildman–Crippen LogP) is 0.725. The van der Waals surface area contributed by atoms with Crippen LogP contribution in [0.5, 0.6) is 0 Å². The number of ether oxygens (including phenoxy) is 1. The molecule has 1 aromatic heterocycles. The van der Waals surface area contributed by atoms with Crippen molar-refractivity contribution in [3.63, 3.8) is 0 Å². The maximum Gasteiger partial charge on any atom is 0.325 e. The van der Waals surface area contributed by atoms with Gasteiger partial charge in [-0.15, -0.1) is 0 Å². The lowest BCUT2D eigenvalue weighted by atomic mass is 10.3. The number of aromatic nitrogens is 1. The molecule has 0 unspecified atom stereocenters. The van der Waals surface area contributed by atoms with E-state index in [1.165, 1.54) is 12.0 Å². The summed E-state index contributed by atoms with van der Waals surface area (Å²) in [7, 11) is 2.84. The van der Waals surface area contributed by atoms with Crippen molar-refractivity contribution >= 4 is 17.6 Å². The first-order chi connectivity index (χ1) is 8.49. The number of anilines is 1. The maximum absolute atomic E-state index is 12.1. The van der Waals surface area contributed by atoms with Crippen LogP contribution in [-0.4, -0.2) is 42.0 Å². The Bertz CT molecular complexity index is 440. The molecular formula is C12H19N3O3. The number of carbonyl (C=O) groups is 2. The molecule has 0 atom stereocenters. The van der Waals surface area contributed by atoms with Gasteiger partial charge in [0, 0.05) is 19.8 Å². The van der Waals surface area contributed by atoms with Crippen LogP contribution in [-0.2, 0) is 16.1 Å². The molecule has 0 saturated carbocycles. The van der Waals surface area contributed by atoms with Crippen LogP contribution in [0.3, 0.4) is 0 Å². The number of carbonyl (C=O) groups excluding carboxylic acids is 2. The highest BCUT2D eigenvalue weighted by atomic mass is 16.5. The van der Waals surface area contributed by atoms with Gasteiger partial charge < -0.3 is 19.9 Å². The van der Waals surface area contributed by atoms with Gasteiger partial charge in [0.05, 0.1) is 12.8 Å². The van der Waals surface area contributed by atoms with Crippen molar-refractivity contribution < 1.29 is 14.3 Å². The summed E-state index contributed by atoms with van der Waals surface area (Å²) in [5, 5.41) is 0. The highest BCUT2D eigenvalue weighted by Crippen LogP contribution is 2.13. The van der Waals surface area contributed by atoms with Gasteiger partial charge in [0.25, 0.3) is 5.91 Å². The zero-order valence-electron chi connectivity index (χ0n) is 11.0. The van der Waals surface area contributed by atoms with Crippen LogP contribution in [0.15, 0.2) is 12.3 Å². The molecule has 0 aliphatic heterocycles. The zero-order valence-corrected chi connectivity index (χ0v) is 11.0. The van der Waals surface area contributed by atoms with Gasteiger partial charge in [-0.1, -0.05) is 6.92 Å². The zero-order chi connectivity index (χ0) is 13.7. The van der Waals surface area contributed by atoms with E-state index in [2.05, 4.69) is 4.74 Å². The van der Waals surface area contributed by atoms with Crippen LogP contribution in [0.2, 0.25) is 0 Å². The quantitative estimate of drug-likeness (QED) is 0.784. The maximum atomic E-state index is 12.1. The van der Waals surface area contributed by atoms with Crippen molar-refractivity contribution in [2.75, 3.05) is 26.4 Å². The average Bonchev–Trinajstić information content (AvgIpc) is 2.69. The van der Waals surface area contributed by atoms with Gasteiger partial charge in [0.1, 0.15) is 12.2 Å². The minimum absolute atomic E-state index is 0.0768. The highest BCUT2D eigenvalue weighted by Gasteiger charge is 2.19. The standard InChI is InChI=1S/C12H19N3O3/c1-4-5-15-7-9(13)6-10(15)12(17)14(2)8-11(16)18-3/h6-7H,4-5,8,13H2,1-3H3. The molecule has 18 heavy (non-hydrogen) atoms. The molecule has 1 aromatic rings. The Balaban J connectivity index is 2.85.